The lowest BCUT2D eigenvalue weighted by molar-refractivity contribution is 0.0256. The van der Waals surface area contributed by atoms with Gasteiger partial charge < -0.3 is 15.4 Å². The number of thiocarbonyl (C=S) groups is 1. The van der Waals surface area contributed by atoms with Crippen LogP contribution in [0, 0.1) is 5.82 Å². The van der Waals surface area contributed by atoms with Gasteiger partial charge >= 0.3 is 0 Å². The van der Waals surface area contributed by atoms with Crippen molar-refractivity contribution in [3.63, 3.8) is 0 Å². The van der Waals surface area contributed by atoms with E-state index in [1.807, 2.05) is 18.2 Å². The van der Waals surface area contributed by atoms with Gasteiger partial charge in [-0.05, 0) is 55.4 Å². The van der Waals surface area contributed by atoms with Crippen LogP contribution < -0.4 is 15.4 Å². The molecule has 0 aromatic heterocycles. The van der Waals surface area contributed by atoms with Gasteiger partial charge in [-0.15, -0.1) is 0 Å². The van der Waals surface area contributed by atoms with Gasteiger partial charge in [-0.2, -0.15) is 0 Å². The van der Waals surface area contributed by atoms with Crippen molar-refractivity contribution in [2.45, 2.75) is 44.8 Å². The number of hydrogen-bond donors (Lipinski definition) is 2. The van der Waals surface area contributed by atoms with Gasteiger partial charge in [0, 0.05) is 17.7 Å². The Morgan fingerprint density at radius 3 is 2.52 bits per heavy atom. The number of para-hydroxylation sites is 1. The van der Waals surface area contributed by atoms with Crippen LogP contribution in [0.2, 0.25) is 0 Å². The molecule has 2 N–H and O–H groups in total. The number of ether oxygens (including phenoxy) is 1. The Bertz CT molecular complexity index is 744. The molecule has 1 aliphatic rings. The monoisotopic (exact) mass is 358 g/mol. The van der Waals surface area contributed by atoms with E-state index in [4.69, 9.17) is 17.0 Å². The normalized spacial score (nSPS) is 18.0. The van der Waals surface area contributed by atoms with Crippen molar-refractivity contribution in [3.8, 4) is 5.75 Å². The van der Waals surface area contributed by atoms with Crippen LogP contribution in [0.4, 0.5) is 10.1 Å². The third-order valence-electron chi connectivity index (χ3n) is 4.89. The second-order valence-corrected chi connectivity index (χ2v) is 6.80. The molecule has 2 aromatic rings. The quantitative estimate of drug-likeness (QED) is 0.737. The highest BCUT2D eigenvalue weighted by Gasteiger charge is 2.38. The molecule has 25 heavy (non-hydrogen) atoms. The summed E-state index contributed by atoms with van der Waals surface area (Å²) in [5.41, 5.74) is 1.69. The van der Waals surface area contributed by atoms with Gasteiger partial charge in [-0.1, -0.05) is 32.0 Å². The Kier molecular flexibility index (Phi) is 5.23. The Hall–Kier alpha value is -2.14. The third kappa shape index (κ3) is 3.93. The minimum atomic E-state index is -0.265. The first kappa shape index (κ1) is 17.7. The van der Waals surface area contributed by atoms with Crippen LogP contribution in [0.3, 0.4) is 0 Å². The molecule has 0 spiro atoms. The summed E-state index contributed by atoms with van der Waals surface area (Å²) < 4.78 is 19.4. The average Bonchev–Trinajstić information content (AvgIpc) is 2.63. The summed E-state index contributed by atoms with van der Waals surface area (Å²) in [5.74, 6) is 0.651. The molecule has 0 aliphatic carbocycles. The number of hydrogen-bond acceptors (Lipinski definition) is 2. The Labute approximate surface area is 153 Å². The minimum Gasteiger partial charge on any atom is -0.487 e. The molecule has 5 heteroatoms. The molecular formula is C20H23FN2OS. The van der Waals surface area contributed by atoms with E-state index in [2.05, 4.69) is 30.5 Å². The molecule has 0 unspecified atom stereocenters. The average molecular weight is 358 g/mol. The van der Waals surface area contributed by atoms with Crippen LogP contribution in [0.15, 0.2) is 48.5 Å². The maximum Gasteiger partial charge on any atom is 0.171 e. The van der Waals surface area contributed by atoms with Crippen LogP contribution in [0.1, 0.15) is 44.7 Å². The van der Waals surface area contributed by atoms with Gasteiger partial charge in [0.25, 0.3) is 0 Å². The standard InChI is InChI=1S/C20H23FN2OS/c1-3-20(4-2)13-17(16-7-5-6-8-18(16)24-20)23-19(25)22-15-11-9-14(21)10-12-15/h5-12,17H,3-4,13H2,1-2H3,(H2,22,23,25)/t17-/m1/s1. The lowest BCUT2D eigenvalue weighted by Gasteiger charge is -2.42. The molecule has 0 bridgehead atoms. The number of nitrogens with one attached hydrogen (secondary N) is 2. The van der Waals surface area contributed by atoms with E-state index in [1.54, 1.807) is 12.1 Å². The van der Waals surface area contributed by atoms with E-state index in [0.29, 0.717) is 5.11 Å². The van der Waals surface area contributed by atoms with Gasteiger partial charge in [0.15, 0.2) is 5.11 Å². The fraction of sp³-hybridized carbons (Fsp3) is 0.350. The maximum absolute atomic E-state index is 13.0. The van der Waals surface area contributed by atoms with Gasteiger partial charge in [-0.3, -0.25) is 0 Å². The first-order valence-corrected chi connectivity index (χ1v) is 9.07. The van der Waals surface area contributed by atoms with Gasteiger partial charge in [0.05, 0.1) is 6.04 Å². The van der Waals surface area contributed by atoms with Crippen molar-refractivity contribution in [2.24, 2.45) is 0 Å². The van der Waals surface area contributed by atoms with Crippen molar-refractivity contribution >= 4 is 23.0 Å². The molecule has 0 saturated heterocycles. The summed E-state index contributed by atoms with van der Waals surface area (Å²) in [4.78, 5) is 0. The number of fused-ring (bicyclic) bond motifs is 1. The topological polar surface area (TPSA) is 33.3 Å². The molecule has 0 radical (unpaired) electrons. The smallest absolute Gasteiger partial charge is 0.171 e. The lowest BCUT2D eigenvalue weighted by atomic mass is 9.83. The summed E-state index contributed by atoms with van der Waals surface area (Å²) in [6, 6.07) is 14.3. The van der Waals surface area contributed by atoms with E-state index in [0.717, 1.165) is 36.3 Å². The van der Waals surface area contributed by atoms with E-state index >= 15 is 0 Å². The van der Waals surface area contributed by atoms with Crippen molar-refractivity contribution in [2.75, 3.05) is 5.32 Å². The van der Waals surface area contributed by atoms with E-state index in [-0.39, 0.29) is 17.5 Å². The summed E-state index contributed by atoms with van der Waals surface area (Å²) in [7, 11) is 0. The van der Waals surface area contributed by atoms with Crippen molar-refractivity contribution in [3.05, 3.63) is 59.9 Å². The molecule has 3 rings (SSSR count). The molecule has 0 saturated carbocycles. The number of benzene rings is 2. The highest BCUT2D eigenvalue weighted by molar-refractivity contribution is 7.80. The summed E-state index contributed by atoms with van der Waals surface area (Å²) in [6.45, 7) is 4.31. The van der Waals surface area contributed by atoms with Crippen LogP contribution in [-0.4, -0.2) is 10.7 Å². The molecule has 1 aliphatic heterocycles. The molecule has 3 nitrogen and oxygen atoms in total. The molecule has 1 heterocycles. The molecule has 132 valence electrons. The number of rotatable bonds is 4. The zero-order chi connectivity index (χ0) is 17.9. The molecule has 0 amide bonds. The Morgan fingerprint density at radius 2 is 1.84 bits per heavy atom. The molecular weight excluding hydrogens is 335 g/mol. The van der Waals surface area contributed by atoms with E-state index in [9.17, 15) is 4.39 Å². The highest BCUT2D eigenvalue weighted by atomic mass is 32.1. The first-order chi connectivity index (χ1) is 12.0. The maximum atomic E-state index is 13.0. The van der Waals surface area contributed by atoms with Crippen molar-refractivity contribution < 1.29 is 9.13 Å². The second kappa shape index (κ2) is 7.40. The first-order valence-electron chi connectivity index (χ1n) is 8.66. The lowest BCUT2D eigenvalue weighted by Crippen LogP contribution is -2.45. The summed E-state index contributed by atoms with van der Waals surface area (Å²) in [5, 5.41) is 7.05. The van der Waals surface area contributed by atoms with Crippen LogP contribution >= 0.6 is 12.2 Å². The predicted octanol–water partition coefficient (Wildman–Crippen LogP) is 5.19. The van der Waals surface area contributed by atoms with Crippen molar-refractivity contribution in [1.29, 1.82) is 0 Å². The predicted molar refractivity (Wildman–Crippen MR) is 103 cm³/mol. The SMILES string of the molecule is CCC1(CC)C[C@@H](NC(=S)Nc2ccc(F)cc2)c2ccccc2O1. The van der Waals surface area contributed by atoms with Gasteiger partial charge in [0.2, 0.25) is 0 Å². The number of halogens is 1. The number of anilines is 1. The van der Waals surface area contributed by atoms with Crippen LogP contribution in [-0.2, 0) is 0 Å². The summed E-state index contributed by atoms with van der Waals surface area (Å²) in [6.07, 6.45) is 2.73. The van der Waals surface area contributed by atoms with E-state index < -0.39 is 0 Å². The Morgan fingerprint density at radius 1 is 1.16 bits per heavy atom. The molecule has 2 aromatic carbocycles. The van der Waals surface area contributed by atoms with Crippen LogP contribution in [0.25, 0.3) is 0 Å². The van der Waals surface area contributed by atoms with E-state index in [1.165, 1.54) is 12.1 Å². The highest BCUT2D eigenvalue weighted by Crippen LogP contribution is 2.42. The fourth-order valence-corrected chi connectivity index (χ4v) is 3.55. The van der Waals surface area contributed by atoms with Gasteiger partial charge in [-0.25, -0.2) is 4.39 Å². The zero-order valence-corrected chi connectivity index (χ0v) is 15.3. The second-order valence-electron chi connectivity index (χ2n) is 6.39. The Balaban J connectivity index is 1.78. The molecule has 1 atom stereocenters. The fourth-order valence-electron chi connectivity index (χ4n) is 3.29. The third-order valence-corrected chi connectivity index (χ3v) is 5.11. The minimum absolute atomic E-state index is 0.0744. The largest absolute Gasteiger partial charge is 0.487 e. The van der Waals surface area contributed by atoms with Crippen LogP contribution in [0.5, 0.6) is 5.75 Å². The molecule has 0 fully saturated rings. The van der Waals surface area contributed by atoms with Gasteiger partial charge in [0.1, 0.15) is 17.2 Å². The zero-order valence-electron chi connectivity index (χ0n) is 14.5. The van der Waals surface area contributed by atoms with Crippen molar-refractivity contribution in [1.82, 2.24) is 5.32 Å². The summed E-state index contributed by atoms with van der Waals surface area (Å²) >= 11 is 5.47.